The molecule has 26 heavy (non-hydrogen) atoms. The molecule has 1 heterocycles. The number of benzene rings is 1. The van der Waals surface area contributed by atoms with E-state index in [0.717, 1.165) is 12.1 Å². The van der Waals surface area contributed by atoms with Gasteiger partial charge in [0.2, 0.25) is 11.8 Å². The van der Waals surface area contributed by atoms with Gasteiger partial charge in [0.25, 0.3) is 0 Å². The number of amides is 1. The number of rotatable bonds is 6. The number of ether oxygens (including phenoxy) is 1. The van der Waals surface area contributed by atoms with Crippen LogP contribution < -0.4 is 15.8 Å². The number of hydrogen-bond donors (Lipinski definition) is 2. The van der Waals surface area contributed by atoms with Gasteiger partial charge in [0.05, 0.1) is 11.6 Å². The molecular formula is C18H20F3N3O2. The van der Waals surface area contributed by atoms with Gasteiger partial charge in [-0.3, -0.25) is 4.79 Å². The number of hydrogen-bond acceptors (Lipinski definition) is 4. The summed E-state index contributed by atoms with van der Waals surface area (Å²) in [5.74, 6) is -0.228. The van der Waals surface area contributed by atoms with Gasteiger partial charge in [-0.1, -0.05) is 26.0 Å². The Morgan fingerprint density at radius 2 is 2.00 bits per heavy atom. The quantitative estimate of drug-likeness (QED) is 0.819. The first-order chi connectivity index (χ1) is 12.2. The largest absolute Gasteiger partial charge is 0.439 e. The molecular weight excluding hydrogens is 347 g/mol. The van der Waals surface area contributed by atoms with E-state index in [1.165, 1.54) is 18.3 Å². The third-order valence-electron chi connectivity index (χ3n) is 3.70. The Balaban J connectivity index is 2.13. The highest BCUT2D eigenvalue weighted by atomic mass is 19.4. The molecule has 0 aliphatic rings. The molecule has 0 saturated heterocycles. The topological polar surface area (TPSA) is 77.2 Å². The number of halogens is 3. The molecule has 0 spiro atoms. The summed E-state index contributed by atoms with van der Waals surface area (Å²) in [6.45, 7) is 3.76. The van der Waals surface area contributed by atoms with Gasteiger partial charge >= 0.3 is 6.18 Å². The SMILES string of the molecule is CC(C)C(N)C(=O)NCc1cccnc1Oc1cccc(C(F)(F)F)c1. The number of pyridine rings is 1. The van der Waals surface area contributed by atoms with E-state index in [2.05, 4.69) is 10.3 Å². The van der Waals surface area contributed by atoms with E-state index in [1.807, 2.05) is 13.8 Å². The monoisotopic (exact) mass is 367 g/mol. The summed E-state index contributed by atoms with van der Waals surface area (Å²) in [4.78, 5) is 16.0. The maximum absolute atomic E-state index is 12.8. The maximum atomic E-state index is 12.8. The predicted molar refractivity (Wildman–Crippen MR) is 90.4 cm³/mol. The third-order valence-corrected chi connectivity index (χ3v) is 3.70. The Hall–Kier alpha value is -2.61. The molecule has 0 fully saturated rings. The zero-order valence-electron chi connectivity index (χ0n) is 14.4. The number of alkyl halides is 3. The van der Waals surface area contributed by atoms with E-state index in [1.54, 1.807) is 12.1 Å². The van der Waals surface area contributed by atoms with E-state index < -0.39 is 17.8 Å². The normalized spacial score (nSPS) is 12.7. The van der Waals surface area contributed by atoms with Gasteiger partial charge in [0, 0.05) is 18.3 Å². The first-order valence-electron chi connectivity index (χ1n) is 8.00. The van der Waals surface area contributed by atoms with Gasteiger partial charge < -0.3 is 15.8 Å². The Bertz CT molecular complexity index is 763. The minimum Gasteiger partial charge on any atom is -0.439 e. The van der Waals surface area contributed by atoms with Crippen LogP contribution in [0.5, 0.6) is 11.6 Å². The van der Waals surface area contributed by atoms with Crippen molar-refractivity contribution in [2.45, 2.75) is 32.6 Å². The fourth-order valence-electron chi connectivity index (χ4n) is 2.10. The molecule has 1 aromatic carbocycles. The molecule has 0 bridgehead atoms. The molecule has 140 valence electrons. The van der Waals surface area contributed by atoms with E-state index in [9.17, 15) is 18.0 Å². The van der Waals surface area contributed by atoms with Crippen LogP contribution in [0.25, 0.3) is 0 Å². The van der Waals surface area contributed by atoms with E-state index >= 15 is 0 Å². The van der Waals surface area contributed by atoms with Crippen molar-refractivity contribution in [2.75, 3.05) is 0 Å². The Labute approximate surface area is 149 Å². The van der Waals surface area contributed by atoms with Crippen LogP contribution in [-0.2, 0) is 17.5 Å². The highest BCUT2D eigenvalue weighted by Crippen LogP contribution is 2.32. The summed E-state index contributed by atoms with van der Waals surface area (Å²) in [5, 5.41) is 2.68. The second-order valence-electron chi connectivity index (χ2n) is 6.08. The van der Waals surface area contributed by atoms with Gasteiger partial charge in [-0.25, -0.2) is 4.98 Å². The molecule has 1 amide bonds. The fraction of sp³-hybridized carbons (Fsp3) is 0.333. The van der Waals surface area contributed by atoms with Gasteiger partial charge in [-0.15, -0.1) is 0 Å². The second-order valence-corrected chi connectivity index (χ2v) is 6.08. The number of nitrogens with one attached hydrogen (secondary N) is 1. The van der Waals surface area contributed by atoms with E-state index in [0.29, 0.717) is 5.56 Å². The smallest absolute Gasteiger partial charge is 0.416 e. The predicted octanol–water partition coefficient (Wildman–Crippen LogP) is 3.49. The van der Waals surface area contributed by atoms with Crippen molar-refractivity contribution in [1.82, 2.24) is 10.3 Å². The summed E-state index contributed by atoms with van der Waals surface area (Å²) in [6.07, 6.45) is -3.01. The number of nitrogens with two attached hydrogens (primary N) is 1. The lowest BCUT2D eigenvalue weighted by molar-refractivity contribution is -0.137. The Morgan fingerprint density at radius 1 is 1.27 bits per heavy atom. The Kier molecular flexibility index (Phi) is 6.20. The highest BCUT2D eigenvalue weighted by Gasteiger charge is 2.30. The second kappa shape index (κ2) is 8.18. The summed E-state index contributed by atoms with van der Waals surface area (Å²) in [6, 6.07) is 7.16. The van der Waals surface area contributed by atoms with Crippen molar-refractivity contribution in [3.63, 3.8) is 0 Å². The van der Waals surface area contributed by atoms with Crippen LogP contribution in [-0.4, -0.2) is 16.9 Å². The van der Waals surface area contributed by atoms with Gasteiger partial charge in [0.1, 0.15) is 5.75 Å². The lowest BCUT2D eigenvalue weighted by Crippen LogP contribution is -2.43. The summed E-state index contributed by atoms with van der Waals surface area (Å²) < 4.78 is 43.9. The molecule has 0 aliphatic heterocycles. The molecule has 1 atom stereocenters. The average Bonchev–Trinajstić information content (AvgIpc) is 2.59. The molecule has 2 rings (SSSR count). The van der Waals surface area contributed by atoms with Gasteiger partial charge in [-0.2, -0.15) is 13.2 Å². The first kappa shape index (κ1) is 19.7. The number of nitrogens with zero attached hydrogens (tertiary/aromatic N) is 1. The van der Waals surface area contributed by atoms with Crippen LogP contribution in [0.1, 0.15) is 25.0 Å². The third kappa shape index (κ3) is 5.19. The molecule has 2 aromatic rings. The van der Waals surface area contributed by atoms with E-state index in [4.69, 9.17) is 10.5 Å². The first-order valence-corrected chi connectivity index (χ1v) is 8.00. The molecule has 1 aromatic heterocycles. The maximum Gasteiger partial charge on any atom is 0.416 e. The van der Waals surface area contributed by atoms with Crippen molar-refractivity contribution in [3.05, 3.63) is 53.7 Å². The minimum absolute atomic E-state index is 0.00461. The molecule has 1 unspecified atom stereocenters. The van der Waals surface area contributed by atoms with Crippen LogP contribution in [0, 0.1) is 5.92 Å². The summed E-state index contributed by atoms with van der Waals surface area (Å²) in [5.41, 5.74) is 5.48. The fourth-order valence-corrected chi connectivity index (χ4v) is 2.10. The van der Waals surface area contributed by atoms with Crippen molar-refractivity contribution in [3.8, 4) is 11.6 Å². The van der Waals surface area contributed by atoms with Crippen LogP contribution in [0.15, 0.2) is 42.6 Å². The van der Waals surface area contributed by atoms with Gasteiger partial charge in [0.15, 0.2) is 0 Å². The van der Waals surface area contributed by atoms with Crippen LogP contribution in [0.3, 0.4) is 0 Å². The molecule has 0 aliphatic carbocycles. The van der Waals surface area contributed by atoms with Crippen molar-refractivity contribution < 1.29 is 22.7 Å². The van der Waals surface area contributed by atoms with Crippen LogP contribution >= 0.6 is 0 Å². The molecule has 0 saturated carbocycles. The number of carbonyl (C=O) groups excluding carboxylic acids is 1. The summed E-state index contributed by atoms with van der Waals surface area (Å²) >= 11 is 0. The molecule has 8 heteroatoms. The van der Waals surface area contributed by atoms with Crippen LogP contribution in [0.2, 0.25) is 0 Å². The zero-order valence-corrected chi connectivity index (χ0v) is 14.4. The van der Waals surface area contributed by atoms with Crippen LogP contribution in [0.4, 0.5) is 13.2 Å². The molecule has 0 radical (unpaired) electrons. The molecule has 5 nitrogen and oxygen atoms in total. The lowest BCUT2D eigenvalue weighted by atomic mass is 10.1. The zero-order chi connectivity index (χ0) is 19.3. The van der Waals surface area contributed by atoms with E-state index in [-0.39, 0.29) is 30.0 Å². The molecule has 3 N–H and O–H groups in total. The number of aromatic nitrogens is 1. The van der Waals surface area contributed by atoms with Crippen molar-refractivity contribution in [2.24, 2.45) is 11.7 Å². The van der Waals surface area contributed by atoms with Gasteiger partial charge in [-0.05, 0) is 30.2 Å². The average molecular weight is 367 g/mol. The van der Waals surface area contributed by atoms with Crippen molar-refractivity contribution >= 4 is 5.91 Å². The highest BCUT2D eigenvalue weighted by molar-refractivity contribution is 5.81. The van der Waals surface area contributed by atoms with Crippen molar-refractivity contribution in [1.29, 1.82) is 0 Å². The Morgan fingerprint density at radius 3 is 2.65 bits per heavy atom. The summed E-state index contributed by atoms with van der Waals surface area (Å²) in [7, 11) is 0. The minimum atomic E-state index is -4.47. The standard InChI is InChI=1S/C18H20F3N3O2/c1-11(2)15(22)16(25)24-10-12-5-4-8-23-17(12)26-14-7-3-6-13(9-14)18(19,20)21/h3-9,11,15H,10,22H2,1-2H3,(H,24,25). The lowest BCUT2D eigenvalue weighted by Gasteiger charge is -2.16. The number of carbonyl (C=O) groups is 1.